The molecule has 0 bridgehead atoms. The van der Waals surface area contributed by atoms with E-state index >= 15 is 0 Å². The van der Waals surface area contributed by atoms with Gasteiger partial charge < -0.3 is 20.4 Å². The van der Waals surface area contributed by atoms with Crippen LogP contribution < -0.4 is 10.2 Å². The van der Waals surface area contributed by atoms with Crippen LogP contribution in [0.1, 0.15) is 35.6 Å². The van der Waals surface area contributed by atoms with Crippen molar-refractivity contribution >= 4 is 23.0 Å². The monoisotopic (exact) mass is 512 g/mol. The maximum atomic E-state index is 13.3. The Morgan fingerprint density at radius 3 is 2.19 bits per heavy atom. The predicted octanol–water partition coefficient (Wildman–Crippen LogP) is 6.52. The zero-order chi connectivity index (χ0) is 25.8. The summed E-state index contributed by atoms with van der Waals surface area (Å²) in [5, 5.41) is 24.5. The highest BCUT2D eigenvalue weighted by Gasteiger charge is 2.40. The summed E-state index contributed by atoms with van der Waals surface area (Å²) in [5.74, 6) is -0.0974. The van der Waals surface area contributed by atoms with Gasteiger partial charge in [0.25, 0.3) is 0 Å². The van der Waals surface area contributed by atoms with E-state index in [1.807, 2.05) is 42.5 Å². The van der Waals surface area contributed by atoms with Gasteiger partial charge in [0.1, 0.15) is 11.6 Å². The lowest BCUT2D eigenvalue weighted by Gasteiger charge is -2.29. The average Bonchev–Trinajstić information content (AvgIpc) is 3.25. The lowest BCUT2D eigenvalue weighted by Crippen LogP contribution is -2.29. The van der Waals surface area contributed by atoms with Gasteiger partial charge in [-0.3, -0.25) is 0 Å². The molecule has 5 rings (SSSR count). The minimum absolute atomic E-state index is 0.0346. The van der Waals surface area contributed by atoms with E-state index in [1.165, 1.54) is 12.1 Å². The smallest absolute Gasteiger partial charge is 0.174 e. The van der Waals surface area contributed by atoms with Gasteiger partial charge in [0.15, 0.2) is 5.11 Å². The fourth-order valence-corrected chi connectivity index (χ4v) is 5.41. The molecule has 6 heteroatoms. The number of hydrogen-bond acceptors (Lipinski definition) is 3. The van der Waals surface area contributed by atoms with Crippen molar-refractivity contribution in [3.63, 3.8) is 0 Å². The maximum Gasteiger partial charge on any atom is 0.174 e. The van der Waals surface area contributed by atoms with E-state index in [-0.39, 0.29) is 30.3 Å². The van der Waals surface area contributed by atoms with Gasteiger partial charge in [-0.15, -0.1) is 0 Å². The molecule has 0 aromatic heterocycles. The van der Waals surface area contributed by atoms with Crippen LogP contribution in [0.4, 0.5) is 10.1 Å². The molecule has 1 aliphatic rings. The molecule has 1 fully saturated rings. The Labute approximate surface area is 222 Å². The molecule has 2 atom stereocenters. The Balaban J connectivity index is 1.43. The van der Waals surface area contributed by atoms with Gasteiger partial charge in [-0.1, -0.05) is 66.7 Å². The second-order valence-corrected chi connectivity index (χ2v) is 9.74. The van der Waals surface area contributed by atoms with E-state index in [0.717, 1.165) is 47.2 Å². The molecule has 0 saturated carbocycles. The molecule has 4 nitrogen and oxygen atoms in total. The van der Waals surface area contributed by atoms with Crippen LogP contribution in [0.3, 0.4) is 0 Å². The molecule has 1 heterocycles. The summed E-state index contributed by atoms with van der Waals surface area (Å²) in [6.45, 7) is -0.138. The molecule has 1 saturated heterocycles. The molecule has 0 amide bonds. The van der Waals surface area contributed by atoms with Gasteiger partial charge in [0.05, 0.1) is 18.7 Å². The van der Waals surface area contributed by atoms with Crippen molar-refractivity contribution in [3.8, 4) is 16.9 Å². The quantitative estimate of drug-likeness (QED) is 0.235. The number of phenols is 1. The molecular weight excluding hydrogens is 483 g/mol. The number of aliphatic hydroxyl groups is 1. The molecule has 0 spiro atoms. The number of thiocarbonyl (C=S) groups is 1. The van der Waals surface area contributed by atoms with Crippen LogP contribution in [-0.4, -0.2) is 21.4 Å². The van der Waals surface area contributed by atoms with E-state index in [1.54, 1.807) is 6.07 Å². The lowest BCUT2D eigenvalue weighted by molar-refractivity contribution is 0.281. The third-order valence-electron chi connectivity index (χ3n) is 6.93. The first-order valence-electron chi connectivity index (χ1n) is 12.5. The number of benzene rings is 4. The van der Waals surface area contributed by atoms with Crippen LogP contribution in [-0.2, 0) is 13.0 Å². The average molecular weight is 513 g/mol. The molecule has 188 valence electrons. The van der Waals surface area contributed by atoms with Crippen LogP contribution in [0.2, 0.25) is 0 Å². The summed E-state index contributed by atoms with van der Waals surface area (Å²) in [5.41, 5.74) is 5.69. The first-order chi connectivity index (χ1) is 18.0. The van der Waals surface area contributed by atoms with E-state index < -0.39 is 0 Å². The minimum atomic E-state index is -0.234. The van der Waals surface area contributed by atoms with Crippen LogP contribution in [0.5, 0.6) is 5.75 Å². The Kier molecular flexibility index (Phi) is 7.49. The summed E-state index contributed by atoms with van der Waals surface area (Å²) in [6.07, 6.45) is 2.50. The van der Waals surface area contributed by atoms with Crippen LogP contribution in [0, 0.1) is 5.82 Å². The third kappa shape index (κ3) is 5.50. The van der Waals surface area contributed by atoms with Gasteiger partial charge in [0, 0.05) is 11.3 Å². The van der Waals surface area contributed by atoms with Crippen molar-refractivity contribution in [3.05, 3.63) is 120 Å². The number of phenolic OH excluding ortho intramolecular Hbond substituents is 1. The van der Waals surface area contributed by atoms with Crippen molar-refractivity contribution in [2.45, 2.75) is 38.0 Å². The Morgan fingerprint density at radius 2 is 1.51 bits per heavy atom. The number of halogens is 1. The van der Waals surface area contributed by atoms with Crippen molar-refractivity contribution < 1.29 is 14.6 Å². The molecule has 4 aromatic rings. The molecule has 4 aromatic carbocycles. The Bertz CT molecular complexity index is 1360. The fraction of sp³-hybridized carbons (Fsp3) is 0.194. The number of nitrogens with zero attached hydrogens (tertiary/aromatic N) is 1. The highest BCUT2D eigenvalue weighted by molar-refractivity contribution is 7.80. The largest absolute Gasteiger partial charge is 0.508 e. The SMILES string of the molecule is OCc1ccc([C@@H]2[C@H](CCCc3ccc(F)cc3)NC(=S)N2c2ccc(-c3ccccc3)cc2)c(O)c1. The summed E-state index contributed by atoms with van der Waals surface area (Å²) in [6, 6.07) is 30.2. The lowest BCUT2D eigenvalue weighted by atomic mass is 9.93. The predicted molar refractivity (Wildman–Crippen MR) is 150 cm³/mol. The van der Waals surface area contributed by atoms with Crippen LogP contribution in [0.25, 0.3) is 11.1 Å². The molecule has 1 aliphatic heterocycles. The highest BCUT2D eigenvalue weighted by Crippen LogP contribution is 2.40. The summed E-state index contributed by atoms with van der Waals surface area (Å²) in [4.78, 5) is 2.07. The van der Waals surface area contributed by atoms with Gasteiger partial charge >= 0.3 is 0 Å². The second-order valence-electron chi connectivity index (χ2n) is 9.35. The summed E-state index contributed by atoms with van der Waals surface area (Å²) in [7, 11) is 0. The number of aliphatic hydroxyl groups excluding tert-OH is 1. The minimum Gasteiger partial charge on any atom is -0.508 e. The van der Waals surface area contributed by atoms with Crippen molar-refractivity contribution in [2.24, 2.45) is 0 Å². The molecule has 3 N–H and O–H groups in total. The number of anilines is 1. The number of rotatable bonds is 8. The fourth-order valence-electron chi connectivity index (χ4n) is 5.04. The standard InChI is InChI=1S/C31H29FN2O2S/c32-25-14-9-21(10-15-25)5-4-8-28-30(27-18-11-22(20-35)19-29(27)36)34(31(37)33-28)26-16-12-24(13-17-26)23-6-2-1-3-7-23/h1-3,6-7,9-19,28,30,35-36H,4-5,8,20H2,(H,33,37)/t28-,30+/m0/s1. The van der Waals surface area contributed by atoms with Gasteiger partial charge in [0.2, 0.25) is 0 Å². The van der Waals surface area contributed by atoms with Gasteiger partial charge in [-0.2, -0.15) is 0 Å². The zero-order valence-corrected chi connectivity index (χ0v) is 21.2. The topological polar surface area (TPSA) is 55.7 Å². The molecule has 37 heavy (non-hydrogen) atoms. The van der Waals surface area contributed by atoms with E-state index in [2.05, 4.69) is 46.6 Å². The summed E-state index contributed by atoms with van der Waals surface area (Å²) < 4.78 is 13.3. The van der Waals surface area contributed by atoms with E-state index in [0.29, 0.717) is 10.7 Å². The van der Waals surface area contributed by atoms with Crippen LogP contribution in [0.15, 0.2) is 97.1 Å². The van der Waals surface area contributed by atoms with Gasteiger partial charge in [-0.05, 0) is 84.1 Å². The highest BCUT2D eigenvalue weighted by atomic mass is 32.1. The number of aryl methyl sites for hydroxylation is 1. The molecular formula is C31H29FN2O2S. The third-order valence-corrected chi connectivity index (χ3v) is 7.24. The Hall–Kier alpha value is -3.74. The molecule has 0 aliphatic carbocycles. The van der Waals surface area contributed by atoms with Crippen LogP contribution >= 0.6 is 12.2 Å². The number of nitrogens with one attached hydrogen (secondary N) is 1. The maximum absolute atomic E-state index is 13.3. The first-order valence-corrected chi connectivity index (χ1v) is 12.9. The summed E-state index contributed by atoms with van der Waals surface area (Å²) >= 11 is 5.80. The Morgan fingerprint density at radius 1 is 0.838 bits per heavy atom. The van der Waals surface area contributed by atoms with Gasteiger partial charge in [-0.25, -0.2) is 4.39 Å². The normalized spacial score (nSPS) is 17.1. The number of aromatic hydroxyl groups is 1. The first kappa shape index (κ1) is 24.9. The van der Waals surface area contributed by atoms with Crippen molar-refractivity contribution in [1.29, 1.82) is 0 Å². The van der Waals surface area contributed by atoms with E-state index in [4.69, 9.17) is 12.2 Å². The van der Waals surface area contributed by atoms with Crippen molar-refractivity contribution in [1.82, 2.24) is 5.32 Å². The molecule has 0 unspecified atom stereocenters. The number of hydrogen-bond donors (Lipinski definition) is 3. The van der Waals surface area contributed by atoms with Crippen molar-refractivity contribution in [2.75, 3.05) is 4.90 Å². The van der Waals surface area contributed by atoms with E-state index in [9.17, 15) is 14.6 Å². The molecule has 0 radical (unpaired) electrons. The zero-order valence-electron chi connectivity index (χ0n) is 20.3. The second kappa shape index (κ2) is 11.1.